The number of aryl methyl sites for hydroxylation is 2. The van der Waals surface area contributed by atoms with Crippen molar-refractivity contribution in [1.29, 1.82) is 0 Å². The lowest BCUT2D eigenvalue weighted by Crippen LogP contribution is -2.03. The maximum atomic E-state index is 11.9. The Morgan fingerprint density at radius 1 is 1.38 bits per heavy atom. The average molecular weight is 186 g/mol. The van der Waals surface area contributed by atoms with Gasteiger partial charge in [0.1, 0.15) is 5.75 Å². The van der Waals surface area contributed by atoms with Crippen LogP contribution in [0.25, 0.3) is 0 Å². The maximum absolute atomic E-state index is 11.9. The fraction of sp³-hybridized carbons (Fsp3) is 0.400. The zero-order chi connectivity index (χ0) is 9.84. The third-order valence-corrected chi connectivity index (χ3v) is 1.86. The molecule has 0 spiro atoms. The minimum atomic E-state index is -2.74. The number of hydrogen-bond donors (Lipinski definition) is 0. The van der Waals surface area contributed by atoms with Crippen LogP contribution in [0.1, 0.15) is 18.1 Å². The van der Waals surface area contributed by atoms with Gasteiger partial charge in [0.25, 0.3) is 0 Å². The fourth-order valence-corrected chi connectivity index (χ4v) is 1.16. The Labute approximate surface area is 76.3 Å². The predicted octanol–water partition coefficient (Wildman–Crippen LogP) is 3.16. The summed E-state index contributed by atoms with van der Waals surface area (Å²) in [7, 11) is 0. The lowest BCUT2D eigenvalue weighted by atomic mass is 10.1. The lowest BCUT2D eigenvalue weighted by molar-refractivity contribution is -0.0503. The van der Waals surface area contributed by atoms with Crippen molar-refractivity contribution in [3.63, 3.8) is 0 Å². The molecule has 1 aromatic rings. The smallest absolute Gasteiger partial charge is 0.387 e. The van der Waals surface area contributed by atoms with Crippen molar-refractivity contribution in [2.75, 3.05) is 0 Å². The van der Waals surface area contributed by atoms with Gasteiger partial charge in [-0.05, 0) is 30.5 Å². The molecule has 0 aliphatic heterocycles. The molecule has 1 rings (SSSR count). The molecule has 0 amide bonds. The second-order valence-corrected chi connectivity index (χ2v) is 2.83. The van der Waals surface area contributed by atoms with Crippen LogP contribution in [0.4, 0.5) is 8.78 Å². The van der Waals surface area contributed by atoms with Crippen LogP contribution in [-0.2, 0) is 6.42 Å². The SMILES string of the molecule is CCc1ccc(OC(F)F)c(C)c1. The maximum Gasteiger partial charge on any atom is 0.387 e. The van der Waals surface area contributed by atoms with Gasteiger partial charge in [0, 0.05) is 0 Å². The van der Waals surface area contributed by atoms with E-state index in [4.69, 9.17) is 0 Å². The van der Waals surface area contributed by atoms with E-state index in [-0.39, 0.29) is 5.75 Å². The summed E-state index contributed by atoms with van der Waals surface area (Å²) in [6, 6.07) is 5.24. The summed E-state index contributed by atoms with van der Waals surface area (Å²) in [5, 5.41) is 0. The standard InChI is InChI=1S/C10H12F2O/c1-3-8-4-5-9(7(2)6-8)13-10(11)12/h4-6,10H,3H2,1-2H3. The molecule has 0 atom stereocenters. The minimum Gasteiger partial charge on any atom is -0.435 e. The Morgan fingerprint density at radius 2 is 2.08 bits per heavy atom. The van der Waals surface area contributed by atoms with Crippen molar-refractivity contribution in [3.8, 4) is 5.75 Å². The molecule has 0 aromatic heterocycles. The van der Waals surface area contributed by atoms with E-state index in [0.717, 1.165) is 17.5 Å². The Kier molecular flexibility index (Phi) is 3.23. The third kappa shape index (κ3) is 2.68. The normalized spacial score (nSPS) is 10.5. The summed E-state index contributed by atoms with van der Waals surface area (Å²) in [5.74, 6) is 0.257. The number of alkyl halides is 2. The van der Waals surface area contributed by atoms with Crippen LogP contribution in [0.2, 0.25) is 0 Å². The molecule has 0 heterocycles. The molecule has 0 aliphatic carbocycles. The molecule has 0 unspecified atom stereocenters. The molecular weight excluding hydrogens is 174 g/mol. The number of hydrogen-bond acceptors (Lipinski definition) is 1. The van der Waals surface area contributed by atoms with Gasteiger partial charge in [-0.25, -0.2) is 0 Å². The summed E-state index contributed by atoms with van der Waals surface area (Å²) in [6.07, 6.45) is 0.899. The Bertz CT molecular complexity index is 284. The molecule has 3 heteroatoms. The minimum absolute atomic E-state index is 0.257. The second kappa shape index (κ2) is 4.21. The molecule has 0 N–H and O–H groups in total. The van der Waals surface area contributed by atoms with E-state index in [1.165, 1.54) is 0 Å². The van der Waals surface area contributed by atoms with Crippen molar-refractivity contribution in [3.05, 3.63) is 29.3 Å². The van der Waals surface area contributed by atoms with Crippen molar-refractivity contribution < 1.29 is 13.5 Å². The van der Waals surface area contributed by atoms with Crippen LogP contribution in [0.5, 0.6) is 5.75 Å². The number of rotatable bonds is 3. The van der Waals surface area contributed by atoms with E-state index >= 15 is 0 Å². The first-order chi connectivity index (χ1) is 6.13. The summed E-state index contributed by atoms with van der Waals surface area (Å²) in [4.78, 5) is 0. The highest BCUT2D eigenvalue weighted by Gasteiger charge is 2.06. The second-order valence-electron chi connectivity index (χ2n) is 2.83. The molecular formula is C10H12F2O. The van der Waals surface area contributed by atoms with Crippen molar-refractivity contribution >= 4 is 0 Å². The largest absolute Gasteiger partial charge is 0.435 e. The van der Waals surface area contributed by atoms with Gasteiger partial charge < -0.3 is 4.74 Å². The lowest BCUT2D eigenvalue weighted by Gasteiger charge is -2.08. The molecule has 0 aliphatic rings. The van der Waals surface area contributed by atoms with E-state index in [0.29, 0.717) is 0 Å². The zero-order valence-corrected chi connectivity index (χ0v) is 7.68. The first kappa shape index (κ1) is 9.96. The van der Waals surface area contributed by atoms with Crippen LogP contribution in [-0.4, -0.2) is 6.61 Å². The van der Waals surface area contributed by atoms with Gasteiger partial charge in [-0.3, -0.25) is 0 Å². The molecule has 0 bridgehead atoms. The topological polar surface area (TPSA) is 9.23 Å². The van der Waals surface area contributed by atoms with E-state index in [1.807, 2.05) is 13.0 Å². The Hall–Kier alpha value is -1.12. The van der Waals surface area contributed by atoms with Crippen LogP contribution in [0.3, 0.4) is 0 Å². The number of halogens is 2. The molecule has 0 saturated carbocycles. The van der Waals surface area contributed by atoms with Crippen molar-refractivity contribution in [2.24, 2.45) is 0 Å². The Balaban J connectivity index is 2.85. The van der Waals surface area contributed by atoms with Crippen LogP contribution in [0.15, 0.2) is 18.2 Å². The van der Waals surface area contributed by atoms with Gasteiger partial charge in [-0.15, -0.1) is 0 Å². The molecule has 0 radical (unpaired) electrons. The van der Waals surface area contributed by atoms with Gasteiger partial charge >= 0.3 is 6.61 Å². The quantitative estimate of drug-likeness (QED) is 0.704. The third-order valence-electron chi connectivity index (χ3n) is 1.86. The summed E-state index contributed by atoms with van der Waals surface area (Å²) in [5.41, 5.74) is 1.87. The molecule has 0 saturated heterocycles. The van der Waals surface area contributed by atoms with E-state index < -0.39 is 6.61 Å². The van der Waals surface area contributed by atoms with Gasteiger partial charge in [0.2, 0.25) is 0 Å². The van der Waals surface area contributed by atoms with Crippen molar-refractivity contribution in [1.82, 2.24) is 0 Å². The van der Waals surface area contributed by atoms with Crippen LogP contribution >= 0.6 is 0 Å². The van der Waals surface area contributed by atoms with Gasteiger partial charge in [-0.2, -0.15) is 8.78 Å². The van der Waals surface area contributed by atoms with Gasteiger partial charge in [0.05, 0.1) is 0 Å². The first-order valence-electron chi connectivity index (χ1n) is 4.17. The highest BCUT2D eigenvalue weighted by molar-refractivity contribution is 5.36. The van der Waals surface area contributed by atoms with Gasteiger partial charge in [-0.1, -0.05) is 19.1 Å². The van der Waals surface area contributed by atoms with E-state index in [2.05, 4.69) is 4.74 Å². The number of benzene rings is 1. The predicted molar refractivity (Wildman–Crippen MR) is 47.2 cm³/mol. The highest BCUT2D eigenvalue weighted by atomic mass is 19.3. The van der Waals surface area contributed by atoms with Crippen LogP contribution < -0.4 is 4.74 Å². The van der Waals surface area contributed by atoms with Crippen molar-refractivity contribution in [2.45, 2.75) is 26.9 Å². The summed E-state index contributed by atoms with van der Waals surface area (Å²) < 4.78 is 28.0. The zero-order valence-electron chi connectivity index (χ0n) is 7.68. The average Bonchev–Trinajstić information content (AvgIpc) is 2.08. The molecule has 1 nitrogen and oxygen atoms in total. The number of ether oxygens (including phenoxy) is 1. The fourth-order valence-electron chi connectivity index (χ4n) is 1.16. The summed E-state index contributed by atoms with van der Waals surface area (Å²) in [6.45, 7) is 1.03. The molecule has 0 fully saturated rings. The monoisotopic (exact) mass is 186 g/mol. The van der Waals surface area contributed by atoms with Crippen LogP contribution in [0, 0.1) is 6.92 Å². The Morgan fingerprint density at radius 3 is 2.54 bits per heavy atom. The van der Waals surface area contributed by atoms with E-state index in [1.54, 1.807) is 19.1 Å². The highest BCUT2D eigenvalue weighted by Crippen LogP contribution is 2.21. The van der Waals surface area contributed by atoms with Gasteiger partial charge in [0.15, 0.2) is 0 Å². The van der Waals surface area contributed by atoms with E-state index in [9.17, 15) is 8.78 Å². The first-order valence-corrected chi connectivity index (χ1v) is 4.17. The molecule has 1 aromatic carbocycles. The molecule has 13 heavy (non-hydrogen) atoms. The summed E-state index contributed by atoms with van der Waals surface area (Å²) >= 11 is 0. The molecule has 72 valence electrons.